The van der Waals surface area contributed by atoms with Crippen molar-refractivity contribution in [2.75, 3.05) is 19.6 Å². The number of piperidine rings is 1. The van der Waals surface area contributed by atoms with E-state index in [1.807, 2.05) is 0 Å². The van der Waals surface area contributed by atoms with Gasteiger partial charge in [-0.05, 0) is 30.6 Å². The standard InChI is InChI=1S/C18H36N2O/c1-6-8-10-15-11-16(19-14-18(3,4)5)13-20(12-15)17(21)9-7-2/h15-16,19H,6-14H2,1-5H3. The third kappa shape index (κ3) is 7.30. The zero-order valence-electron chi connectivity index (χ0n) is 14.9. The van der Waals surface area contributed by atoms with Gasteiger partial charge in [-0.25, -0.2) is 0 Å². The van der Waals surface area contributed by atoms with Crippen LogP contribution >= 0.6 is 0 Å². The van der Waals surface area contributed by atoms with Gasteiger partial charge in [0.25, 0.3) is 0 Å². The minimum atomic E-state index is 0.300. The molecule has 0 saturated carbocycles. The van der Waals surface area contributed by atoms with Crippen molar-refractivity contribution >= 4 is 5.91 Å². The number of carbonyl (C=O) groups is 1. The number of likely N-dealkylation sites (tertiary alicyclic amines) is 1. The quantitative estimate of drug-likeness (QED) is 0.774. The highest BCUT2D eigenvalue weighted by molar-refractivity contribution is 5.76. The Bertz CT molecular complexity index is 309. The fraction of sp³-hybridized carbons (Fsp3) is 0.944. The average Bonchev–Trinajstić information content (AvgIpc) is 2.42. The van der Waals surface area contributed by atoms with Crippen molar-refractivity contribution < 1.29 is 4.79 Å². The van der Waals surface area contributed by atoms with Crippen molar-refractivity contribution in [3.8, 4) is 0 Å². The van der Waals surface area contributed by atoms with Gasteiger partial charge < -0.3 is 10.2 Å². The minimum Gasteiger partial charge on any atom is -0.341 e. The first kappa shape index (κ1) is 18.5. The topological polar surface area (TPSA) is 32.3 Å². The summed E-state index contributed by atoms with van der Waals surface area (Å²) in [6.45, 7) is 14.0. The first-order valence-electron chi connectivity index (χ1n) is 8.86. The second-order valence-electron chi connectivity index (χ2n) is 7.93. The maximum Gasteiger partial charge on any atom is 0.222 e. The number of carbonyl (C=O) groups excluding carboxylic acids is 1. The predicted octanol–water partition coefficient (Wildman–Crippen LogP) is 3.83. The largest absolute Gasteiger partial charge is 0.341 e. The van der Waals surface area contributed by atoms with Gasteiger partial charge in [-0.2, -0.15) is 0 Å². The number of hydrogen-bond donors (Lipinski definition) is 1. The van der Waals surface area contributed by atoms with Crippen LogP contribution in [0, 0.1) is 11.3 Å². The van der Waals surface area contributed by atoms with E-state index in [-0.39, 0.29) is 0 Å². The summed E-state index contributed by atoms with van der Waals surface area (Å²) in [4.78, 5) is 14.4. The molecule has 0 radical (unpaired) electrons. The van der Waals surface area contributed by atoms with Crippen LogP contribution in [0.5, 0.6) is 0 Å². The molecule has 1 heterocycles. The fourth-order valence-corrected chi connectivity index (χ4v) is 3.08. The van der Waals surface area contributed by atoms with Crippen molar-refractivity contribution in [3.05, 3.63) is 0 Å². The van der Waals surface area contributed by atoms with E-state index in [1.165, 1.54) is 25.7 Å². The summed E-state index contributed by atoms with van der Waals surface area (Å²) >= 11 is 0. The van der Waals surface area contributed by atoms with Crippen molar-refractivity contribution in [1.82, 2.24) is 10.2 Å². The van der Waals surface area contributed by atoms with Gasteiger partial charge in [-0.15, -0.1) is 0 Å². The third-order valence-corrected chi connectivity index (χ3v) is 4.24. The number of amides is 1. The molecule has 1 rings (SSSR count). The van der Waals surface area contributed by atoms with Crippen LogP contribution in [0.2, 0.25) is 0 Å². The van der Waals surface area contributed by atoms with Gasteiger partial charge in [-0.1, -0.05) is 47.5 Å². The Morgan fingerprint density at radius 2 is 1.90 bits per heavy atom. The van der Waals surface area contributed by atoms with E-state index in [0.29, 0.717) is 29.7 Å². The number of hydrogen-bond acceptors (Lipinski definition) is 2. The van der Waals surface area contributed by atoms with Crippen LogP contribution in [0.4, 0.5) is 0 Å². The molecule has 0 aromatic carbocycles. The summed E-state index contributed by atoms with van der Waals surface area (Å²) < 4.78 is 0. The molecule has 1 aliphatic rings. The van der Waals surface area contributed by atoms with Crippen LogP contribution in [0.25, 0.3) is 0 Å². The Kier molecular flexibility index (Phi) is 7.72. The maximum atomic E-state index is 12.3. The summed E-state index contributed by atoms with van der Waals surface area (Å²) in [7, 11) is 0. The summed E-state index contributed by atoms with van der Waals surface area (Å²) in [5.74, 6) is 1.03. The summed E-state index contributed by atoms with van der Waals surface area (Å²) in [5.41, 5.74) is 0.300. The number of unbranched alkanes of at least 4 members (excludes halogenated alkanes) is 1. The Balaban J connectivity index is 2.58. The predicted molar refractivity (Wildman–Crippen MR) is 90.4 cm³/mol. The van der Waals surface area contributed by atoms with Gasteiger partial charge in [0, 0.05) is 32.1 Å². The van der Waals surface area contributed by atoms with E-state index < -0.39 is 0 Å². The molecule has 0 aromatic rings. The van der Waals surface area contributed by atoms with E-state index in [9.17, 15) is 4.79 Å². The molecule has 2 unspecified atom stereocenters. The average molecular weight is 296 g/mol. The van der Waals surface area contributed by atoms with Crippen LogP contribution in [-0.2, 0) is 4.79 Å². The maximum absolute atomic E-state index is 12.3. The molecule has 1 saturated heterocycles. The summed E-state index contributed by atoms with van der Waals surface area (Å²) in [6, 6.07) is 0.473. The fourth-order valence-electron chi connectivity index (χ4n) is 3.08. The number of nitrogens with zero attached hydrogens (tertiary/aromatic N) is 1. The lowest BCUT2D eigenvalue weighted by atomic mass is 9.88. The Hall–Kier alpha value is -0.570. The highest BCUT2D eigenvalue weighted by Crippen LogP contribution is 2.23. The van der Waals surface area contributed by atoms with Gasteiger partial charge in [0.2, 0.25) is 5.91 Å². The minimum absolute atomic E-state index is 0.300. The van der Waals surface area contributed by atoms with Crippen LogP contribution in [-0.4, -0.2) is 36.5 Å². The molecule has 1 aliphatic heterocycles. The first-order chi connectivity index (χ1) is 9.85. The van der Waals surface area contributed by atoms with E-state index >= 15 is 0 Å². The van der Waals surface area contributed by atoms with Gasteiger partial charge >= 0.3 is 0 Å². The molecule has 3 heteroatoms. The molecule has 1 fully saturated rings. The number of rotatable bonds is 7. The van der Waals surface area contributed by atoms with Crippen molar-refractivity contribution in [3.63, 3.8) is 0 Å². The second-order valence-corrected chi connectivity index (χ2v) is 7.93. The van der Waals surface area contributed by atoms with Crippen LogP contribution in [0.3, 0.4) is 0 Å². The van der Waals surface area contributed by atoms with Gasteiger partial charge in [0.1, 0.15) is 0 Å². The summed E-state index contributed by atoms with van der Waals surface area (Å²) in [5, 5.41) is 3.70. The van der Waals surface area contributed by atoms with Crippen molar-refractivity contribution in [1.29, 1.82) is 0 Å². The molecule has 0 spiro atoms. The lowest BCUT2D eigenvalue weighted by molar-refractivity contribution is -0.133. The summed E-state index contributed by atoms with van der Waals surface area (Å²) in [6.07, 6.45) is 6.68. The molecule has 1 N–H and O–H groups in total. The van der Waals surface area contributed by atoms with E-state index in [0.717, 1.165) is 26.1 Å². The lowest BCUT2D eigenvalue weighted by Crippen LogP contribution is -2.52. The van der Waals surface area contributed by atoms with Gasteiger partial charge in [-0.3, -0.25) is 4.79 Å². The smallest absolute Gasteiger partial charge is 0.222 e. The highest BCUT2D eigenvalue weighted by atomic mass is 16.2. The molecule has 3 nitrogen and oxygen atoms in total. The van der Waals surface area contributed by atoms with Crippen LogP contribution < -0.4 is 5.32 Å². The molecular weight excluding hydrogens is 260 g/mol. The van der Waals surface area contributed by atoms with Gasteiger partial charge in [0.05, 0.1) is 0 Å². The molecule has 1 amide bonds. The highest BCUT2D eigenvalue weighted by Gasteiger charge is 2.29. The van der Waals surface area contributed by atoms with Crippen molar-refractivity contribution in [2.45, 2.75) is 79.2 Å². The molecule has 0 aliphatic carbocycles. The van der Waals surface area contributed by atoms with Gasteiger partial charge in [0.15, 0.2) is 0 Å². The Morgan fingerprint density at radius 3 is 2.48 bits per heavy atom. The van der Waals surface area contributed by atoms with E-state index in [2.05, 4.69) is 44.8 Å². The second kappa shape index (κ2) is 8.77. The molecule has 2 atom stereocenters. The van der Waals surface area contributed by atoms with Crippen LogP contribution in [0.1, 0.15) is 73.1 Å². The zero-order valence-corrected chi connectivity index (χ0v) is 14.9. The molecule has 0 aromatic heterocycles. The SMILES string of the molecule is CCCCC1CC(NCC(C)(C)C)CN(C(=O)CCC)C1. The van der Waals surface area contributed by atoms with Crippen LogP contribution in [0.15, 0.2) is 0 Å². The molecule has 21 heavy (non-hydrogen) atoms. The Labute approximate surface area is 131 Å². The number of nitrogens with one attached hydrogen (secondary N) is 1. The third-order valence-electron chi connectivity index (χ3n) is 4.24. The zero-order chi connectivity index (χ0) is 15.9. The molecule has 0 bridgehead atoms. The molecular formula is C18H36N2O. The first-order valence-corrected chi connectivity index (χ1v) is 8.86. The van der Waals surface area contributed by atoms with E-state index in [4.69, 9.17) is 0 Å². The van der Waals surface area contributed by atoms with E-state index in [1.54, 1.807) is 0 Å². The van der Waals surface area contributed by atoms with Crippen molar-refractivity contribution in [2.24, 2.45) is 11.3 Å². The monoisotopic (exact) mass is 296 g/mol. The normalized spacial score (nSPS) is 23.4. The molecule has 124 valence electrons. The lowest BCUT2D eigenvalue weighted by Gasteiger charge is -2.39. The Morgan fingerprint density at radius 1 is 1.19 bits per heavy atom.